The first kappa shape index (κ1) is 18.9. The van der Waals surface area contributed by atoms with Crippen molar-refractivity contribution in [1.29, 1.82) is 0 Å². The number of piperazine rings is 1. The van der Waals surface area contributed by atoms with Crippen molar-refractivity contribution >= 4 is 34.1 Å². The van der Waals surface area contributed by atoms with Gasteiger partial charge in [-0.15, -0.1) is 10.2 Å². The molecule has 5 rings (SSSR count). The van der Waals surface area contributed by atoms with E-state index in [-0.39, 0.29) is 5.91 Å². The van der Waals surface area contributed by atoms with Crippen LogP contribution in [0, 0.1) is 0 Å². The van der Waals surface area contributed by atoms with Gasteiger partial charge in [-0.25, -0.2) is 4.98 Å². The number of carbonyl (C=O) groups is 1. The second kappa shape index (κ2) is 8.35. The molecule has 0 spiro atoms. The van der Waals surface area contributed by atoms with Crippen LogP contribution < -0.4 is 10.2 Å². The van der Waals surface area contributed by atoms with Crippen molar-refractivity contribution in [3.63, 3.8) is 0 Å². The fourth-order valence-electron chi connectivity index (χ4n) is 3.63. The molecule has 0 saturated carbocycles. The number of pyridine rings is 2. The largest absolute Gasteiger partial charge is 0.352 e. The van der Waals surface area contributed by atoms with Crippen LogP contribution >= 0.6 is 0 Å². The first-order chi connectivity index (χ1) is 15.3. The van der Waals surface area contributed by atoms with E-state index in [1.165, 1.54) is 0 Å². The molecule has 31 heavy (non-hydrogen) atoms. The minimum atomic E-state index is -0.0339. The minimum absolute atomic E-state index is 0.0339. The van der Waals surface area contributed by atoms with Crippen LogP contribution in [-0.2, 0) is 0 Å². The SMILES string of the molecule is O=C(c1ccc2ccccc2n1)N1CCN(c2ccc(Nc3ccncc3)nn2)CC1. The number of hydrogen-bond acceptors (Lipinski definition) is 7. The molecule has 1 aromatic carbocycles. The maximum Gasteiger partial charge on any atom is 0.272 e. The summed E-state index contributed by atoms with van der Waals surface area (Å²) >= 11 is 0. The topological polar surface area (TPSA) is 87.1 Å². The standard InChI is InChI=1S/C23H21N7O/c31-23(20-6-5-17-3-1-2-4-19(17)26-20)30-15-13-29(14-16-30)22-8-7-21(27-28-22)25-18-9-11-24-12-10-18/h1-12H,13-16H2,(H,24,25,27). The van der Waals surface area contributed by atoms with Gasteiger partial charge in [0.05, 0.1) is 5.52 Å². The first-order valence-electron chi connectivity index (χ1n) is 10.2. The summed E-state index contributed by atoms with van der Waals surface area (Å²) in [6.45, 7) is 2.63. The zero-order chi connectivity index (χ0) is 21.0. The Bertz CT molecular complexity index is 1190. The lowest BCUT2D eigenvalue weighted by Gasteiger charge is -2.35. The Kier molecular flexibility index (Phi) is 5.10. The molecule has 1 amide bonds. The molecule has 0 aliphatic carbocycles. The predicted octanol–water partition coefficient (Wildman–Crippen LogP) is 3.13. The summed E-state index contributed by atoms with van der Waals surface area (Å²) in [5.74, 6) is 1.44. The molecule has 3 aromatic heterocycles. The molecule has 8 nitrogen and oxygen atoms in total. The fraction of sp³-hybridized carbons (Fsp3) is 0.174. The maximum absolute atomic E-state index is 12.9. The van der Waals surface area contributed by atoms with Crippen molar-refractivity contribution in [1.82, 2.24) is 25.1 Å². The molecule has 4 heterocycles. The number of nitrogens with zero attached hydrogens (tertiary/aromatic N) is 6. The summed E-state index contributed by atoms with van der Waals surface area (Å²) < 4.78 is 0. The summed E-state index contributed by atoms with van der Waals surface area (Å²) in [7, 11) is 0. The number of aromatic nitrogens is 4. The highest BCUT2D eigenvalue weighted by Gasteiger charge is 2.24. The molecule has 0 unspecified atom stereocenters. The third-order valence-electron chi connectivity index (χ3n) is 5.31. The van der Waals surface area contributed by atoms with Gasteiger partial charge in [0.15, 0.2) is 11.6 Å². The van der Waals surface area contributed by atoms with E-state index < -0.39 is 0 Å². The number of benzene rings is 1. The van der Waals surface area contributed by atoms with Crippen LogP contribution in [0.5, 0.6) is 0 Å². The molecule has 1 aliphatic heterocycles. The van der Waals surface area contributed by atoms with Gasteiger partial charge in [-0.05, 0) is 36.4 Å². The van der Waals surface area contributed by atoms with E-state index in [0.29, 0.717) is 37.7 Å². The van der Waals surface area contributed by atoms with Crippen LogP contribution in [0.15, 0.2) is 73.1 Å². The summed E-state index contributed by atoms with van der Waals surface area (Å²) in [5, 5.41) is 12.8. The Hall–Kier alpha value is -4.07. The summed E-state index contributed by atoms with van der Waals surface area (Å²) in [6, 6.07) is 19.2. The molecule has 1 aliphatic rings. The van der Waals surface area contributed by atoms with Gasteiger partial charge in [0, 0.05) is 49.6 Å². The third kappa shape index (κ3) is 4.13. The number of hydrogen-bond donors (Lipinski definition) is 1. The van der Waals surface area contributed by atoms with Crippen molar-refractivity contribution in [2.75, 3.05) is 36.4 Å². The van der Waals surface area contributed by atoms with Crippen molar-refractivity contribution in [2.24, 2.45) is 0 Å². The molecule has 0 bridgehead atoms. The monoisotopic (exact) mass is 411 g/mol. The van der Waals surface area contributed by atoms with Crippen LogP contribution in [0.4, 0.5) is 17.3 Å². The highest BCUT2D eigenvalue weighted by Crippen LogP contribution is 2.18. The highest BCUT2D eigenvalue weighted by atomic mass is 16.2. The van der Waals surface area contributed by atoms with Crippen LogP contribution in [0.3, 0.4) is 0 Å². The normalized spacial score (nSPS) is 13.9. The second-order valence-corrected chi connectivity index (χ2v) is 7.31. The fourth-order valence-corrected chi connectivity index (χ4v) is 3.63. The first-order valence-corrected chi connectivity index (χ1v) is 10.2. The Morgan fingerprint density at radius 2 is 1.65 bits per heavy atom. The lowest BCUT2D eigenvalue weighted by atomic mass is 10.2. The summed E-state index contributed by atoms with van der Waals surface area (Å²) in [5.41, 5.74) is 2.23. The van der Waals surface area contributed by atoms with Gasteiger partial charge in [0.1, 0.15) is 5.69 Å². The van der Waals surface area contributed by atoms with E-state index in [0.717, 1.165) is 22.4 Å². The lowest BCUT2D eigenvalue weighted by molar-refractivity contribution is 0.0741. The van der Waals surface area contributed by atoms with Gasteiger partial charge in [0.25, 0.3) is 5.91 Å². The van der Waals surface area contributed by atoms with Crippen LogP contribution in [0.25, 0.3) is 10.9 Å². The minimum Gasteiger partial charge on any atom is -0.352 e. The average molecular weight is 411 g/mol. The van der Waals surface area contributed by atoms with E-state index in [1.54, 1.807) is 18.5 Å². The number of rotatable bonds is 4. The van der Waals surface area contributed by atoms with Crippen LogP contribution in [0.2, 0.25) is 0 Å². The molecule has 8 heteroatoms. The van der Waals surface area contributed by atoms with E-state index in [2.05, 4.69) is 30.4 Å². The lowest BCUT2D eigenvalue weighted by Crippen LogP contribution is -2.49. The number of amides is 1. The smallest absolute Gasteiger partial charge is 0.272 e. The number of fused-ring (bicyclic) bond motifs is 1. The Labute approximate surface area is 179 Å². The van der Waals surface area contributed by atoms with Crippen molar-refractivity contribution in [2.45, 2.75) is 0 Å². The molecule has 1 fully saturated rings. The zero-order valence-corrected chi connectivity index (χ0v) is 16.8. The van der Waals surface area contributed by atoms with E-state index >= 15 is 0 Å². The van der Waals surface area contributed by atoms with Crippen LogP contribution in [0.1, 0.15) is 10.5 Å². The number of anilines is 3. The summed E-state index contributed by atoms with van der Waals surface area (Å²) in [6.07, 6.45) is 3.44. The van der Waals surface area contributed by atoms with Crippen molar-refractivity contribution < 1.29 is 4.79 Å². The highest BCUT2D eigenvalue weighted by molar-refractivity contribution is 5.95. The average Bonchev–Trinajstić information content (AvgIpc) is 2.84. The number of para-hydroxylation sites is 1. The van der Waals surface area contributed by atoms with Gasteiger partial charge in [0.2, 0.25) is 0 Å². The van der Waals surface area contributed by atoms with E-state index in [1.807, 2.05) is 59.5 Å². The molecule has 1 saturated heterocycles. The number of nitrogens with one attached hydrogen (secondary N) is 1. The maximum atomic E-state index is 12.9. The Morgan fingerprint density at radius 3 is 2.42 bits per heavy atom. The van der Waals surface area contributed by atoms with Gasteiger partial charge in [-0.1, -0.05) is 24.3 Å². The van der Waals surface area contributed by atoms with Gasteiger partial charge in [-0.2, -0.15) is 0 Å². The van der Waals surface area contributed by atoms with E-state index in [4.69, 9.17) is 0 Å². The van der Waals surface area contributed by atoms with Crippen molar-refractivity contribution in [3.05, 3.63) is 78.8 Å². The molecule has 154 valence electrons. The second-order valence-electron chi connectivity index (χ2n) is 7.31. The third-order valence-corrected chi connectivity index (χ3v) is 5.31. The molecule has 0 atom stereocenters. The quantitative estimate of drug-likeness (QED) is 0.552. The molecular formula is C23H21N7O. The van der Waals surface area contributed by atoms with Gasteiger partial charge in [-0.3, -0.25) is 9.78 Å². The molecule has 4 aromatic rings. The van der Waals surface area contributed by atoms with Crippen LogP contribution in [-0.4, -0.2) is 57.2 Å². The van der Waals surface area contributed by atoms with E-state index in [9.17, 15) is 4.79 Å². The molecular weight excluding hydrogens is 390 g/mol. The predicted molar refractivity (Wildman–Crippen MR) is 119 cm³/mol. The zero-order valence-electron chi connectivity index (χ0n) is 16.8. The van der Waals surface area contributed by atoms with Gasteiger partial charge < -0.3 is 15.1 Å². The molecule has 0 radical (unpaired) electrons. The van der Waals surface area contributed by atoms with Gasteiger partial charge >= 0.3 is 0 Å². The number of carbonyl (C=O) groups excluding carboxylic acids is 1. The van der Waals surface area contributed by atoms with Crippen molar-refractivity contribution in [3.8, 4) is 0 Å². The summed E-state index contributed by atoms with van der Waals surface area (Å²) in [4.78, 5) is 25.4. The Balaban J connectivity index is 1.21. The Morgan fingerprint density at radius 1 is 0.839 bits per heavy atom. The molecule has 1 N–H and O–H groups in total.